The van der Waals surface area contributed by atoms with Gasteiger partial charge in [-0.05, 0) is 6.07 Å². The third-order valence-corrected chi connectivity index (χ3v) is 6.15. The molecule has 1 aromatic heterocycles. The van der Waals surface area contributed by atoms with E-state index in [0.717, 1.165) is 15.7 Å². The Hall–Kier alpha value is -3.70. The predicted molar refractivity (Wildman–Crippen MR) is 111 cm³/mol. The molecule has 2 aliphatic rings. The summed E-state index contributed by atoms with van der Waals surface area (Å²) >= 11 is 1.26. The number of aromatic nitrogens is 1. The number of nitriles is 1. The molecule has 2 atom stereocenters. The number of nitrogens with one attached hydrogen (secondary N) is 1. The molecule has 140 valence electrons. The first-order valence-electron chi connectivity index (χ1n) is 8.88. The van der Waals surface area contributed by atoms with Crippen LogP contribution < -0.4 is 10.2 Å². The van der Waals surface area contributed by atoms with Crippen molar-refractivity contribution < 1.29 is 9.59 Å². The van der Waals surface area contributed by atoms with Crippen molar-refractivity contribution in [1.82, 2.24) is 10.3 Å². The molecule has 2 unspecified atom stereocenters. The molecule has 2 aromatic carbocycles. The number of pyridine rings is 1. The molecule has 3 heterocycles. The lowest BCUT2D eigenvalue weighted by atomic mass is 10.1. The van der Waals surface area contributed by atoms with E-state index in [4.69, 9.17) is 0 Å². The zero-order valence-corrected chi connectivity index (χ0v) is 15.8. The van der Waals surface area contributed by atoms with Gasteiger partial charge in [-0.25, -0.2) is 9.69 Å². The third kappa shape index (κ3) is 2.75. The fourth-order valence-corrected chi connectivity index (χ4v) is 4.71. The van der Waals surface area contributed by atoms with Crippen LogP contribution in [0.4, 0.5) is 10.5 Å². The number of carbonyl (C=O) groups is 2. The lowest BCUT2D eigenvalue weighted by molar-refractivity contribution is -0.118. The highest BCUT2D eigenvalue weighted by molar-refractivity contribution is 8.15. The summed E-state index contributed by atoms with van der Waals surface area (Å²) in [6.07, 6.45) is 2.55. The van der Waals surface area contributed by atoms with Gasteiger partial charge in [0.2, 0.25) is 0 Å². The topological polar surface area (TPSA) is 98.4 Å². The number of anilines is 1. The molecule has 7 nitrogen and oxygen atoms in total. The van der Waals surface area contributed by atoms with Gasteiger partial charge in [0.1, 0.15) is 16.5 Å². The second kappa shape index (κ2) is 6.72. The molecule has 1 fully saturated rings. The van der Waals surface area contributed by atoms with Crippen molar-refractivity contribution in [1.29, 1.82) is 5.26 Å². The number of imide groups is 1. The Morgan fingerprint density at radius 2 is 1.86 bits per heavy atom. The Balaban J connectivity index is 1.52. The normalized spacial score (nSPS) is 20.8. The first kappa shape index (κ1) is 17.4. The Morgan fingerprint density at radius 3 is 2.72 bits per heavy atom. The highest BCUT2D eigenvalue weighted by atomic mass is 32.2. The molecule has 0 saturated carbocycles. The second-order valence-corrected chi connectivity index (χ2v) is 7.71. The summed E-state index contributed by atoms with van der Waals surface area (Å²) in [6.45, 7) is 0. The van der Waals surface area contributed by atoms with Gasteiger partial charge < -0.3 is 5.32 Å². The predicted octanol–water partition coefficient (Wildman–Crippen LogP) is 3.05. The summed E-state index contributed by atoms with van der Waals surface area (Å²) in [6, 6.07) is 16.2. The minimum Gasteiger partial charge on any atom is -0.314 e. The third-order valence-electron chi connectivity index (χ3n) is 4.89. The molecule has 3 amide bonds. The Labute approximate surface area is 170 Å². The van der Waals surface area contributed by atoms with Crippen LogP contribution in [0.3, 0.4) is 0 Å². The standard InChI is InChI=1S/C21H13N5O2S/c22-9-12-5-1-4-8-15(12)19-24-18-17(29-19)20(27)26(21(28)25-18)16-11-23-10-13-6-2-3-7-14(13)16/h1-8,10-11,17-18H,(H,25,28). The molecule has 0 radical (unpaired) electrons. The van der Waals surface area contributed by atoms with Crippen LogP contribution in [-0.2, 0) is 4.79 Å². The van der Waals surface area contributed by atoms with E-state index in [0.29, 0.717) is 21.9 Å². The van der Waals surface area contributed by atoms with Gasteiger partial charge in [0, 0.05) is 22.5 Å². The van der Waals surface area contributed by atoms with Crippen molar-refractivity contribution in [3.05, 3.63) is 72.1 Å². The van der Waals surface area contributed by atoms with Crippen molar-refractivity contribution in [3.63, 3.8) is 0 Å². The van der Waals surface area contributed by atoms with Crippen LogP contribution in [0.2, 0.25) is 0 Å². The van der Waals surface area contributed by atoms with Crippen LogP contribution in [-0.4, -0.2) is 33.4 Å². The molecular weight excluding hydrogens is 386 g/mol. The molecule has 2 aliphatic heterocycles. The number of carbonyl (C=O) groups excluding carboxylic acids is 2. The van der Waals surface area contributed by atoms with Crippen molar-refractivity contribution in [2.75, 3.05) is 4.90 Å². The first-order valence-corrected chi connectivity index (χ1v) is 9.76. The fraction of sp³-hybridized carbons (Fsp3) is 0.0952. The highest BCUT2D eigenvalue weighted by Gasteiger charge is 2.47. The summed E-state index contributed by atoms with van der Waals surface area (Å²) in [5, 5.41) is 13.7. The van der Waals surface area contributed by atoms with E-state index in [1.165, 1.54) is 18.0 Å². The van der Waals surface area contributed by atoms with Crippen LogP contribution in [0.25, 0.3) is 10.8 Å². The number of rotatable bonds is 2. The van der Waals surface area contributed by atoms with Crippen LogP contribution in [0.1, 0.15) is 11.1 Å². The van der Waals surface area contributed by atoms with Gasteiger partial charge in [-0.3, -0.25) is 14.8 Å². The van der Waals surface area contributed by atoms with E-state index in [1.54, 1.807) is 24.4 Å². The fourth-order valence-electron chi connectivity index (χ4n) is 3.53. The maximum Gasteiger partial charge on any atom is 0.330 e. The number of hydrogen-bond acceptors (Lipinski definition) is 6. The number of fused-ring (bicyclic) bond motifs is 2. The molecule has 0 aliphatic carbocycles. The molecule has 29 heavy (non-hydrogen) atoms. The number of benzene rings is 2. The molecule has 1 N–H and O–H groups in total. The van der Waals surface area contributed by atoms with E-state index in [-0.39, 0.29) is 5.91 Å². The number of thioether (sulfide) groups is 1. The van der Waals surface area contributed by atoms with Crippen LogP contribution in [0, 0.1) is 11.3 Å². The summed E-state index contributed by atoms with van der Waals surface area (Å²) < 4.78 is 0. The number of aliphatic imine (C=N–C) groups is 1. The highest BCUT2D eigenvalue weighted by Crippen LogP contribution is 2.36. The van der Waals surface area contributed by atoms with Gasteiger partial charge in [-0.1, -0.05) is 54.2 Å². The van der Waals surface area contributed by atoms with E-state index in [2.05, 4.69) is 21.4 Å². The second-order valence-electron chi connectivity index (χ2n) is 6.58. The average Bonchev–Trinajstić information content (AvgIpc) is 3.18. The lowest BCUT2D eigenvalue weighted by Crippen LogP contribution is -2.60. The van der Waals surface area contributed by atoms with Crippen LogP contribution in [0.5, 0.6) is 0 Å². The number of nitrogens with zero attached hydrogens (tertiary/aromatic N) is 4. The molecule has 5 rings (SSSR count). The number of urea groups is 1. The van der Waals surface area contributed by atoms with Crippen molar-refractivity contribution in [3.8, 4) is 6.07 Å². The van der Waals surface area contributed by atoms with Crippen molar-refractivity contribution >= 4 is 45.2 Å². The number of amides is 3. The first-order chi connectivity index (χ1) is 14.2. The van der Waals surface area contributed by atoms with Crippen molar-refractivity contribution in [2.45, 2.75) is 11.4 Å². The molecular formula is C21H13N5O2S. The zero-order chi connectivity index (χ0) is 20.0. The van der Waals surface area contributed by atoms with Gasteiger partial charge in [0.15, 0.2) is 0 Å². The van der Waals surface area contributed by atoms with Gasteiger partial charge in [0.25, 0.3) is 5.91 Å². The Bertz CT molecular complexity index is 1240. The van der Waals surface area contributed by atoms with Crippen LogP contribution >= 0.6 is 11.8 Å². The SMILES string of the molecule is N#Cc1ccccc1C1=NC2NC(=O)N(c3cncc4ccccc34)C(=O)C2S1. The minimum absolute atomic E-state index is 0.352. The molecule has 3 aromatic rings. The van der Waals surface area contributed by atoms with E-state index >= 15 is 0 Å². The van der Waals surface area contributed by atoms with Crippen LogP contribution in [0.15, 0.2) is 65.9 Å². The zero-order valence-electron chi connectivity index (χ0n) is 14.9. The Kier molecular flexibility index (Phi) is 4.03. The Morgan fingerprint density at radius 1 is 1.07 bits per heavy atom. The van der Waals surface area contributed by atoms with Gasteiger partial charge in [-0.15, -0.1) is 0 Å². The average molecular weight is 399 g/mol. The molecule has 1 saturated heterocycles. The maximum atomic E-state index is 13.3. The summed E-state index contributed by atoms with van der Waals surface area (Å²) in [4.78, 5) is 35.9. The molecule has 8 heteroatoms. The van der Waals surface area contributed by atoms with Gasteiger partial charge >= 0.3 is 6.03 Å². The largest absolute Gasteiger partial charge is 0.330 e. The summed E-state index contributed by atoms with van der Waals surface area (Å²) in [5.74, 6) is -0.352. The van der Waals surface area contributed by atoms with Gasteiger partial charge in [-0.2, -0.15) is 5.26 Å². The number of hydrogen-bond donors (Lipinski definition) is 1. The van der Waals surface area contributed by atoms with E-state index in [1.807, 2.05) is 30.3 Å². The minimum atomic E-state index is -0.666. The monoisotopic (exact) mass is 399 g/mol. The van der Waals surface area contributed by atoms with E-state index < -0.39 is 17.4 Å². The quantitative estimate of drug-likeness (QED) is 0.714. The molecule has 0 bridgehead atoms. The maximum absolute atomic E-state index is 13.3. The smallest absolute Gasteiger partial charge is 0.314 e. The van der Waals surface area contributed by atoms with E-state index in [9.17, 15) is 14.9 Å². The van der Waals surface area contributed by atoms with Crippen molar-refractivity contribution in [2.24, 2.45) is 4.99 Å². The lowest BCUT2D eigenvalue weighted by Gasteiger charge is -2.32. The molecule has 0 spiro atoms. The summed E-state index contributed by atoms with van der Waals surface area (Å²) in [7, 11) is 0. The summed E-state index contributed by atoms with van der Waals surface area (Å²) in [5.41, 5.74) is 1.58. The van der Waals surface area contributed by atoms with Gasteiger partial charge in [0.05, 0.1) is 23.5 Å².